The van der Waals surface area contributed by atoms with Gasteiger partial charge in [0.05, 0.1) is 34.9 Å². The van der Waals surface area contributed by atoms with E-state index in [9.17, 15) is 19.2 Å². The van der Waals surface area contributed by atoms with E-state index in [2.05, 4.69) is 21.5 Å². The summed E-state index contributed by atoms with van der Waals surface area (Å²) in [4.78, 5) is 48.4. The number of hydrogen-bond donors (Lipinski definition) is 4. The minimum Gasteiger partial charge on any atom is -0.345 e. The maximum atomic E-state index is 12.5. The monoisotopic (exact) mass is 487 g/mol. The maximum Gasteiger partial charge on any atom is 0.271 e. The molecule has 170 valence electrons. The lowest BCUT2D eigenvalue weighted by Gasteiger charge is -2.12. The van der Waals surface area contributed by atoms with E-state index >= 15 is 0 Å². The molecule has 1 heterocycles. The normalized spacial score (nSPS) is 10.2. The molecule has 0 saturated heterocycles. The number of benzene rings is 2. The molecule has 3 aromatic rings. The summed E-state index contributed by atoms with van der Waals surface area (Å²) in [5.41, 5.74) is 5.69. The molecule has 0 spiro atoms. The van der Waals surface area contributed by atoms with Gasteiger partial charge in [0.15, 0.2) is 0 Å². The lowest BCUT2D eigenvalue weighted by atomic mass is 10.1. The van der Waals surface area contributed by atoms with Crippen molar-refractivity contribution in [3.05, 3.63) is 88.2 Å². The van der Waals surface area contributed by atoms with Gasteiger partial charge in [-0.1, -0.05) is 35.3 Å². The Labute approximate surface area is 199 Å². The van der Waals surface area contributed by atoms with Gasteiger partial charge in [-0.25, -0.2) is 0 Å². The maximum absolute atomic E-state index is 12.5. The molecule has 33 heavy (non-hydrogen) atoms. The largest absolute Gasteiger partial charge is 0.345 e. The fourth-order valence-electron chi connectivity index (χ4n) is 2.79. The summed E-state index contributed by atoms with van der Waals surface area (Å²) in [6.07, 6.45) is 3.58. The third kappa shape index (κ3) is 6.58. The molecule has 0 aliphatic carbocycles. The predicted molar refractivity (Wildman–Crippen MR) is 123 cm³/mol. The minimum atomic E-state index is -0.651. The van der Waals surface area contributed by atoms with E-state index in [1.54, 1.807) is 41.2 Å². The third-order valence-corrected chi connectivity index (χ3v) is 4.93. The van der Waals surface area contributed by atoms with E-state index in [4.69, 9.17) is 23.2 Å². The van der Waals surface area contributed by atoms with Crippen LogP contribution in [-0.2, 0) is 9.59 Å². The van der Waals surface area contributed by atoms with Crippen LogP contribution < -0.4 is 21.5 Å². The summed E-state index contributed by atoms with van der Waals surface area (Å²) in [5.74, 6) is -2.34. The standard InChI is InChI=1S/C22H19Cl2N5O4/c23-14-7-8-15(17(24)11-14)21(32)26-12-19(30)25-13-20(31)27-28-22(33)16-5-1-2-6-18(16)29-9-3-4-10-29/h1-11H,12-13H2,(H,25,30)(H,26,32)(H,27,31)(H,28,33). The molecule has 11 heteroatoms. The van der Waals surface area contributed by atoms with E-state index < -0.39 is 30.2 Å². The van der Waals surface area contributed by atoms with Crippen molar-refractivity contribution in [3.63, 3.8) is 0 Å². The smallest absolute Gasteiger partial charge is 0.271 e. The third-order valence-electron chi connectivity index (χ3n) is 4.38. The van der Waals surface area contributed by atoms with Crippen molar-refractivity contribution in [1.29, 1.82) is 0 Å². The predicted octanol–water partition coefficient (Wildman–Crippen LogP) is 2.09. The fourth-order valence-corrected chi connectivity index (χ4v) is 3.29. The van der Waals surface area contributed by atoms with Crippen LogP contribution >= 0.6 is 23.2 Å². The Balaban J connectivity index is 1.43. The molecule has 0 aliphatic heterocycles. The molecule has 0 unspecified atom stereocenters. The van der Waals surface area contributed by atoms with Crippen LogP contribution in [0, 0.1) is 0 Å². The van der Waals surface area contributed by atoms with E-state index in [0.29, 0.717) is 16.3 Å². The number of para-hydroxylation sites is 1. The molecule has 9 nitrogen and oxygen atoms in total. The average molecular weight is 488 g/mol. The van der Waals surface area contributed by atoms with Gasteiger partial charge in [-0.15, -0.1) is 0 Å². The average Bonchev–Trinajstić information content (AvgIpc) is 3.34. The zero-order valence-corrected chi connectivity index (χ0v) is 18.6. The first kappa shape index (κ1) is 23.8. The van der Waals surface area contributed by atoms with Crippen LogP contribution in [-0.4, -0.2) is 41.3 Å². The number of hydrazine groups is 1. The van der Waals surface area contributed by atoms with Crippen molar-refractivity contribution < 1.29 is 19.2 Å². The quantitative estimate of drug-likeness (QED) is 0.381. The highest BCUT2D eigenvalue weighted by Gasteiger charge is 2.14. The van der Waals surface area contributed by atoms with Gasteiger partial charge in [0, 0.05) is 17.4 Å². The van der Waals surface area contributed by atoms with Crippen molar-refractivity contribution in [3.8, 4) is 5.69 Å². The second-order valence-electron chi connectivity index (χ2n) is 6.69. The van der Waals surface area contributed by atoms with Gasteiger partial charge >= 0.3 is 0 Å². The molecule has 0 fully saturated rings. The van der Waals surface area contributed by atoms with Gasteiger partial charge in [0.25, 0.3) is 17.7 Å². The van der Waals surface area contributed by atoms with Gasteiger partial charge < -0.3 is 15.2 Å². The number of hydrogen-bond acceptors (Lipinski definition) is 4. The van der Waals surface area contributed by atoms with Crippen molar-refractivity contribution in [2.75, 3.05) is 13.1 Å². The number of halogens is 2. The Morgan fingerprint density at radius 2 is 1.42 bits per heavy atom. The van der Waals surface area contributed by atoms with Crippen LogP contribution in [0.2, 0.25) is 10.0 Å². The van der Waals surface area contributed by atoms with Crippen LogP contribution in [0.25, 0.3) is 5.69 Å². The Kier molecular flexibility index (Phi) is 8.06. The van der Waals surface area contributed by atoms with Crippen molar-refractivity contribution >= 4 is 46.8 Å². The zero-order valence-electron chi connectivity index (χ0n) is 17.1. The molecular weight excluding hydrogens is 469 g/mol. The summed E-state index contributed by atoms with van der Waals surface area (Å²) in [5, 5.41) is 5.25. The Morgan fingerprint density at radius 3 is 2.15 bits per heavy atom. The molecule has 4 N–H and O–H groups in total. The van der Waals surface area contributed by atoms with E-state index in [1.165, 1.54) is 18.2 Å². The molecule has 2 aromatic carbocycles. The van der Waals surface area contributed by atoms with E-state index in [1.807, 2.05) is 12.1 Å². The second kappa shape index (κ2) is 11.2. The van der Waals surface area contributed by atoms with E-state index in [-0.39, 0.29) is 17.1 Å². The molecule has 0 atom stereocenters. The Bertz CT molecular complexity index is 1180. The first-order valence-corrected chi connectivity index (χ1v) is 10.4. The van der Waals surface area contributed by atoms with E-state index in [0.717, 1.165) is 0 Å². The lowest BCUT2D eigenvalue weighted by Crippen LogP contribution is -2.47. The van der Waals surface area contributed by atoms with Crippen LogP contribution in [0.5, 0.6) is 0 Å². The SMILES string of the molecule is O=C(CNC(=O)c1ccc(Cl)cc1Cl)NCC(=O)NNC(=O)c1ccccc1-n1cccc1. The number of nitrogens with zero attached hydrogens (tertiary/aromatic N) is 1. The molecule has 4 amide bonds. The van der Waals surface area contributed by atoms with Gasteiger partial charge in [-0.2, -0.15) is 0 Å². The van der Waals surface area contributed by atoms with Gasteiger partial charge in [0.1, 0.15) is 0 Å². The zero-order chi connectivity index (χ0) is 23.8. The molecule has 0 radical (unpaired) electrons. The van der Waals surface area contributed by atoms with Crippen molar-refractivity contribution in [2.45, 2.75) is 0 Å². The first-order chi connectivity index (χ1) is 15.8. The molecule has 0 aliphatic rings. The lowest BCUT2D eigenvalue weighted by molar-refractivity contribution is -0.125. The van der Waals surface area contributed by atoms with Gasteiger partial charge in [-0.05, 0) is 42.5 Å². The number of aromatic nitrogens is 1. The van der Waals surface area contributed by atoms with Crippen LogP contribution in [0.3, 0.4) is 0 Å². The molecule has 1 aromatic heterocycles. The van der Waals surface area contributed by atoms with Gasteiger partial charge in [0.2, 0.25) is 5.91 Å². The topological polar surface area (TPSA) is 121 Å². The highest BCUT2D eigenvalue weighted by Crippen LogP contribution is 2.20. The van der Waals surface area contributed by atoms with Crippen molar-refractivity contribution in [1.82, 2.24) is 26.1 Å². The first-order valence-electron chi connectivity index (χ1n) is 9.66. The highest BCUT2D eigenvalue weighted by atomic mass is 35.5. The Hall–Kier alpha value is -3.82. The second-order valence-corrected chi connectivity index (χ2v) is 7.54. The number of rotatable bonds is 7. The van der Waals surface area contributed by atoms with Crippen LogP contribution in [0.4, 0.5) is 0 Å². The summed E-state index contributed by atoms with van der Waals surface area (Å²) in [6, 6.07) is 14.9. The van der Waals surface area contributed by atoms with Crippen LogP contribution in [0.15, 0.2) is 67.0 Å². The highest BCUT2D eigenvalue weighted by molar-refractivity contribution is 6.36. The van der Waals surface area contributed by atoms with Crippen LogP contribution in [0.1, 0.15) is 20.7 Å². The molecule has 0 saturated carbocycles. The summed E-state index contributed by atoms with van der Waals surface area (Å²) >= 11 is 11.7. The van der Waals surface area contributed by atoms with Gasteiger partial charge in [-0.3, -0.25) is 30.0 Å². The Morgan fingerprint density at radius 1 is 0.727 bits per heavy atom. The summed E-state index contributed by atoms with van der Waals surface area (Å²) in [7, 11) is 0. The minimum absolute atomic E-state index is 0.147. The number of nitrogens with one attached hydrogen (secondary N) is 4. The summed E-state index contributed by atoms with van der Waals surface area (Å²) < 4.78 is 1.77. The molecule has 0 bridgehead atoms. The number of carbonyl (C=O) groups excluding carboxylic acids is 4. The molecular formula is C22H19Cl2N5O4. The summed E-state index contributed by atoms with van der Waals surface area (Å²) in [6.45, 7) is -0.780. The fraction of sp³-hybridized carbons (Fsp3) is 0.0909. The molecule has 3 rings (SSSR count). The number of carbonyl (C=O) groups is 4. The number of amides is 4. The van der Waals surface area contributed by atoms with Crippen molar-refractivity contribution in [2.24, 2.45) is 0 Å².